The molecule has 0 amide bonds. The van der Waals surface area contributed by atoms with Gasteiger partial charge in [-0.1, -0.05) is 66.7 Å². The Morgan fingerprint density at radius 1 is 1.00 bits per heavy atom. The van der Waals surface area contributed by atoms with Crippen molar-refractivity contribution >= 4 is 18.1 Å². The summed E-state index contributed by atoms with van der Waals surface area (Å²) in [5.74, 6) is -0.884. The van der Waals surface area contributed by atoms with Crippen LogP contribution in [0.2, 0.25) is 0 Å². The van der Waals surface area contributed by atoms with Crippen LogP contribution in [0.1, 0.15) is 29.2 Å². The van der Waals surface area contributed by atoms with E-state index in [1.165, 1.54) is 0 Å². The molecule has 0 spiro atoms. The Bertz CT molecular complexity index is 588. The maximum atomic E-state index is 10.6. The summed E-state index contributed by atoms with van der Waals surface area (Å²) in [5.41, 5.74) is 8.84. The Morgan fingerprint density at radius 3 is 2.10 bits per heavy atom. The SMILES string of the molecule is NC(CC(=O)O)c1ccc(/C=C/c2ccccc2)cc1. The van der Waals surface area contributed by atoms with Crippen LogP contribution >= 0.6 is 0 Å². The molecule has 0 aliphatic carbocycles. The van der Waals surface area contributed by atoms with E-state index >= 15 is 0 Å². The average molecular weight is 267 g/mol. The van der Waals surface area contributed by atoms with Gasteiger partial charge in [0.15, 0.2) is 0 Å². The largest absolute Gasteiger partial charge is 0.481 e. The van der Waals surface area contributed by atoms with E-state index < -0.39 is 12.0 Å². The fourth-order valence-electron chi connectivity index (χ4n) is 1.92. The normalized spacial score (nSPS) is 12.4. The quantitative estimate of drug-likeness (QED) is 0.817. The van der Waals surface area contributed by atoms with Crippen LogP contribution in [-0.4, -0.2) is 11.1 Å². The summed E-state index contributed by atoms with van der Waals surface area (Å²) in [7, 11) is 0. The van der Waals surface area contributed by atoms with Crippen molar-refractivity contribution in [2.45, 2.75) is 12.5 Å². The van der Waals surface area contributed by atoms with Gasteiger partial charge in [0.05, 0.1) is 6.42 Å². The van der Waals surface area contributed by atoms with Crippen LogP contribution in [0, 0.1) is 0 Å². The monoisotopic (exact) mass is 267 g/mol. The number of nitrogens with two attached hydrogens (primary N) is 1. The minimum Gasteiger partial charge on any atom is -0.481 e. The molecule has 1 atom stereocenters. The minimum atomic E-state index is -0.884. The van der Waals surface area contributed by atoms with Crippen LogP contribution in [0.15, 0.2) is 54.6 Å². The summed E-state index contributed by atoms with van der Waals surface area (Å²) in [4.78, 5) is 10.6. The highest BCUT2D eigenvalue weighted by Crippen LogP contribution is 2.16. The summed E-state index contributed by atoms with van der Waals surface area (Å²) in [5, 5.41) is 8.72. The van der Waals surface area contributed by atoms with Crippen LogP contribution in [0.3, 0.4) is 0 Å². The lowest BCUT2D eigenvalue weighted by atomic mass is 10.0. The van der Waals surface area contributed by atoms with Gasteiger partial charge >= 0.3 is 5.97 Å². The lowest BCUT2D eigenvalue weighted by Crippen LogP contribution is -2.14. The summed E-state index contributed by atoms with van der Waals surface area (Å²) >= 11 is 0. The maximum absolute atomic E-state index is 10.6. The van der Waals surface area contributed by atoms with E-state index in [-0.39, 0.29) is 6.42 Å². The lowest BCUT2D eigenvalue weighted by Gasteiger charge is -2.09. The standard InChI is InChI=1S/C17H17NO2/c18-16(12-17(19)20)15-10-8-14(9-11-15)7-6-13-4-2-1-3-5-13/h1-11,16H,12,18H2,(H,19,20)/b7-6+. The molecule has 0 aliphatic rings. The van der Waals surface area contributed by atoms with Crippen LogP contribution in [0.25, 0.3) is 12.2 Å². The summed E-state index contributed by atoms with van der Waals surface area (Å²) in [6.45, 7) is 0. The molecule has 0 fully saturated rings. The van der Waals surface area contributed by atoms with E-state index in [1.807, 2.05) is 66.7 Å². The second kappa shape index (κ2) is 6.68. The predicted molar refractivity (Wildman–Crippen MR) is 81.0 cm³/mol. The van der Waals surface area contributed by atoms with Crippen molar-refractivity contribution in [3.8, 4) is 0 Å². The number of carboxylic acid groups (broad SMARTS) is 1. The molecule has 102 valence electrons. The van der Waals surface area contributed by atoms with Crippen molar-refractivity contribution in [2.75, 3.05) is 0 Å². The number of aliphatic carboxylic acids is 1. The molecule has 0 bridgehead atoms. The first-order valence-corrected chi connectivity index (χ1v) is 6.45. The summed E-state index contributed by atoms with van der Waals surface area (Å²) < 4.78 is 0. The Kier molecular flexibility index (Phi) is 4.69. The molecule has 3 heteroatoms. The van der Waals surface area contributed by atoms with E-state index in [0.717, 1.165) is 16.7 Å². The van der Waals surface area contributed by atoms with Crippen LogP contribution < -0.4 is 5.73 Å². The fraction of sp³-hybridized carbons (Fsp3) is 0.118. The molecule has 3 N–H and O–H groups in total. The Labute approximate surface area is 118 Å². The average Bonchev–Trinajstić information content (AvgIpc) is 2.46. The van der Waals surface area contributed by atoms with Crippen molar-refractivity contribution in [1.29, 1.82) is 0 Å². The number of hydrogen-bond donors (Lipinski definition) is 2. The summed E-state index contributed by atoms with van der Waals surface area (Å²) in [6.07, 6.45) is 3.99. The zero-order valence-corrected chi connectivity index (χ0v) is 11.1. The van der Waals surface area contributed by atoms with E-state index in [1.54, 1.807) is 0 Å². The second-order valence-corrected chi connectivity index (χ2v) is 4.62. The zero-order chi connectivity index (χ0) is 14.4. The van der Waals surface area contributed by atoms with E-state index in [9.17, 15) is 4.79 Å². The topological polar surface area (TPSA) is 63.3 Å². The first-order valence-electron chi connectivity index (χ1n) is 6.45. The molecule has 0 aromatic heterocycles. The maximum Gasteiger partial charge on any atom is 0.305 e. The molecular weight excluding hydrogens is 250 g/mol. The first-order chi connectivity index (χ1) is 9.65. The van der Waals surface area contributed by atoms with Gasteiger partial charge < -0.3 is 10.8 Å². The lowest BCUT2D eigenvalue weighted by molar-refractivity contribution is -0.137. The van der Waals surface area contributed by atoms with Gasteiger partial charge in [-0.05, 0) is 16.7 Å². The first kappa shape index (κ1) is 14.0. The van der Waals surface area contributed by atoms with E-state index in [0.29, 0.717) is 0 Å². The minimum absolute atomic E-state index is 0.0563. The highest BCUT2D eigenvalue weighted by molar-refractivity contribution is 5.70. The smallest absolute Gasteiger partial charge is 0.305 e. The second-order valence-electron chi connectivity index (χ2n) is 4.62. The van der Waals surface area contributed by atoms with Crippen molar-refractivity contribution in [3.05, 3.63) is 71.3 Å². The molecule has 3 nitrogen and oxygen atoms in total. The van der Waals surface area contributed by atoms with Gasteiger partial charge in [-0.25, -0.2) is 0 Å². The molecule has 0 heterocycles. The molecule has 2 aromatic rings. The van der Waals surface area contributed by atoms with Crippen molar-refractivity contribution < 1.29 is 9.90 Å². The van der Waals surface area contributed by atoms with Crippen LogP contribution in [0.5, 0.6) is 0 Å². The third-order valence-corrected chi connectivity index (χ3v) is 3.03. The summed E-state index contributed by atoms with van der Waals surface area (Å²) in [6, 6.07) is 17.2. The van der Waals surface area contributed by atoms with Gasteiger partial charge in [-0.3, -0.25) is 4.79 Å². The van der Waals surface area contributed by atoms with Crippen molar-refractivity contribution in [2.24, 2.45) is 5.73 Å². The Morgan fingerprint density at radius 2 is 1.55 bits per heavy atom. The predicted octanol–water partition coefficient (Wildman–Crippen LogP) is 3.33. The third kappa shape index (κ3) is 4.07. The fourth-order valence-corrected chi connectivity index (χ4v) is 1.92. The molecular formula is C17H17NO2. The zero-order valence-electron chi connectivity index (χ0n) is 11.1. The molecule has 0 saturated carbocycles. The number of hydrogen-bond acceptors (Lipinski definition) is 2. The van der Waals surface area contributed by atoms with Gasteiger partial charge in [-0.2, -0.15) is 0 Å². The third-order valence-electron chi connectivity index (χ3n) is 3.03. The van der Waals surface area contributed by atoms with Crippen molar-refractivity contribution in [1.82, 2.24) is 0 Å². The van der Waals surface area contributed by atoms with Gasteiger partial charge in [0, 0.05) is 6.04 Å². The van der Waals surface area contributed by atoms with Gasteiger partial charge in [0.1, 0.15) is 0 Å². The molecule has 0 aliphatic heterocycles. The molecule has 0 saturated heterocycles. The Hall–Kier alpha value is -2.39. The van der Waals surface area contributed by atoms with Crippen LogP contribution in [0.4, 0.5) is 0 Å². The highest BCUT2D eigenvalue weighted by atomic mass is 16.4. The molecule has 0 radical (unpaired) electrons. The molecule has 2 aromatic carbocycles. The number of carbonyl (C=O) groups is 1. The number of benzene rings is 2. The molecule has 1 unspecified atom stereocenters. The molecule has 20 heavy (non-hydrogen) atoms. The van der Waals surface area contributed by atoms with Gasteiger partial charge in [0.2, 0.25) is 0 Å². The molecule has 2 rings (SSSR count). The Balaban J connectivity index is 2.05. The van der Waals surface area contributed by atoms with E-state index in [4.69, 9.17) is 10.8 Å². The number of carboxylic acids is 1. The van der Waals surface area contributed by atoms with Crippen LogP contribution in [-0.2, 0) is 4.79 Å². The highest BCUT2D eigenvalue weighted by Gasteiger charge is 2.09. The number of rotatable bonds is 5. The van der Waals surface area contributed by atoms with Gasteiger partial charge in [-0.15, -0.1) is 0 Å². The van der Waals surface area contributed by atoms with E-state index in [2.05, 4.69) is 0 Å². The van der Waals surface area contributed by atoms with Gasteiger partial charge in [0.25, 0.3) is 0 Å². The van der Waals surface area contributed by atoms with Crippen molar-refractivity contribution in [3.63, 3.8) is 0 Å².